The fourth-order valence-electron chi connectivity index (χ4n) is 10.6. The van der Waals surface area contributed by atoms with Gasteiger partial charge in [0.1, 0.15) is 5.58 Å². The van der Waals surface area contributed by atoms with E-state index >= 15 is 0 Å². The molecule has 0 amide bonds. The van der Waals surface area contributed by atoms with Gasteiger partial charge in [-0.05, 0) is 110 Å². The van der Waals surface area contributed by atoms with Crippen molar-refractivity contribution in [1.82, 2.24) is 0 Å². The van der Waals surface area contributed by atoms with Gasteiger partial charge in [0.25, 0.3) is 6.71 Å². The Morgan fingerprint density at radius 1 is 0.550 bits per heavy atom. The Balaban J connectivity index is 1.19. The van der Waals surface area contributed by atoms with Crippen molar-refractivity contribution in [1.29, 1.82) is 0 Å². The maximum Gasteiger partial charge on any atom is 0.264 e. The Kier molecular flexibility index (Phi) is 7.20. The van der Waals surface area contributed by atoms with Crippen LogP contribution in [0.3, 0.4) is 0 Å². The smallest absolute Gasteiger partial charge is 0.264 e. The molecule has 0 spiro atoms. The summed E-state index contributed by atoms with van der Waals surface area (Å²) >= 11 is 1.99. The summed E-state index contributed by atoms with van der Waals surface area (Å²) in [5.74, 6) is 0. The van der Waals surface area contributed by atoms with Crippen LogP contribution in [0.2, 0.25) is 0 Å². The summed E-state index contributed by atoms with van der Waals surface area (Å²) < 4.78 is 9.54. The first-order valence-electron chi connectivity index (χ1n) is 21.4. The van der Waals surface area contributed by atoms with Crippen molar-refractivity contribution >= 4 is 99.9 Å². The highest BCUT2D eigenvalue weighted by Crippen LogP contribution is 2.54. The van der Waals surface area contributed by atoms with E-state index in [1.165, 1.54) is 87.6 Å². The first kappa shape index (κ1) is 35.9. The molecule has 3 nitrogen and oxygen atoms in total. The number of anilines is 6. The Labute approximate surface area is 357 Å². The van der Waals surface area contributed by atoms with E-state index in [1.54, 1.807) is 0 Å². The summed E-state index contributed by atoms with van der Waals surface area (Å²) in [6.07, 6.45) is 0. The molecular formula is C55H47BN2OS. The summed E-state index contributed by atoms with van der Waals surface area (Å²) in [6.45, 7) is 18.7. The molecule has 0 saturated carbocycles. The zero-order valence-electron chi connectivity index (χ0n) is 35.6. The predicted molar refractivity (Wildman–Crippen MR) is 258 cm³/mol. The lowest BCUT2D eigenvalue weighted by molar-refractivity contribution is 0.590. The van der Waals surface area contributed by atoms with Crippen molar-refractivity contribution in [2.75, 3.05) is 9.80 Å². The normalized spacial score (nSPS) is 15.0. The minimum atomic E-state index is -0.0829. The van der Waals surface area contributed by atoms with Gasteiger partial charge in [0.2, 0.25) is 0 Å². The second-order valence-corrected chi connectivity index (χ2v) is 20.8. The van der Waals surface area contributed by atoms with Crippen LogP contribution >= 0.6 is 11.3 Å². The van der Waals surface area contributed by atoms with Gasteiger partial charge in [-0.1, -0.05) is 140 Å². The van der Waals surface area contributed by atoms with Gasteiger partial charge in [-0.15, -0.1) is 11.3 Å². The molecule has 0 unspecified atom stereocenters. The third-order valence-electron chi connectivity index (χ3n) is 13.8. The van der Waals surface area contributed by atoms with Crippen LogP contribution in [0.5, 0.6) is 0 Å². The zero-order valence-corrected chi connectivity index (χ0v) is 36.4. The predicted octanol–water partition coefficient (Wildman–Crippen LogP) is 13.8. The average Bonchev–Trinajstić information content (AvgIpc) is 3.87. The van der Waals surface area contributed by atoms with Gasteiger partial charge in [-0.2, -0.15) is 0 Å². The quantitative estimate of drug-likeness (QED) is 0.163. The van der Waals surface area contributed by atoms with Crippen molar-refractivity contribution in [3.05, 3.63) is 162 Å². The molecule has 7 aromatic carbocycles. The molecule has 60 heavy (non-hydrogen) atoms. The first-order chi connectivity index (χ1) is 28.8. The van der Waals surface area contributed by atoms with Crippen LogP contribution in [-0.2, 0) is 16.2 Å². The second-order valence-electron chi connectivity index (χ2n) is 19.8. The molecule has 0 atom stereocenters. The number of furan rings is 1. The third-order valence-corrected chi connectivity index (χ3v) is 15.0. The molecule has 3 aliphatic rings. The van der Waals surface area contributed by atoms with E-state index in [0.717, 1.165) is 27.6 Å². The molecule has 0 fully saturated rings. The number of hydrogen-bond acceptors (Lipinski definition) is 4. The number of hydrogen-bond donors (Lipinski definition) is 0. The average molecular weight is 795 g/mol. The number of benzene rings is 7. The van der Waals surface area contributed by atoms with E-state index in [4.69, 9.17) is 4.42 Å². The highest BCUT2D eigenvalue weighted by Gasteiger charge is 2.46. The van der Waals surface area contributed by atoms with Gasteiger partial charge in [0.15, 0.2) is 5.58 Å². The lowest BCUT2D eigenvalue weighted by atomic mass is 9.36. The van der Waals surface area contributed by atoms with Gasteiger partial charge in [0, 0.05) is 53.8 Å². The molecule has 5 heteroatoms. The Morgan fingerprint density at radius 2 is 1.22 bits per heavy atom. The lowest BCUT2D eigenvalue weighted by Gasteiger charge is -2.43. The summed E-state index contributed by atoms with van der Waals surface area (Å²) in [5, 5.41) is 3.59. The largest absolute Gasteiger partial charge is 0.454 e. The molecule has 0 saturated heterocycles. The van der Waals surface area contributed by atoms with Gasteiger partial charge in [0.05, 0.1) is 11.4 Å². The molecule has 9 aromatic rings. The monoisotopic (exact) mass is 794 g/mol. The molecule has 0 bridgehead atoms. The molecule has 0 N–H and O–H groups in total. The topological polar surface area (TPSA) is 19.6 Å². The van der Waals surface area contributed by atoms with E-state index in [-0.39, 0.29) is 23.0 Å². The molecule has 2 aliphatic heterocycles. The number of thiophene rings is 1. The van der Waals surface area contributed by atoms with Crippen molar-refractivity contribution in [2.24, 2.45) is 0 Å². The summed E-state index contributed by atoms with van der Waals surface area (Å²) in [6, 6.07) is 52.7. The van der Waals surface area contributed by atoms with Crippen LogP contribution in [0.15, 0.2) is 144 Å². The molecule has 4 heterocycles. The standard InChI is InChI=1S/C55H47BN2OS/c1-53(2,3)32-23-26-34(27-24-32)57-44-19-14-20-45-49(44)56(52-50(57)39-30-38-35-15-9-11-18-40(35)55(7,8)41(38)31-48(39)60-52)42-29-33(54(4,5)6)25-28-43(42)58(45)46-21-13-17-37-36-16-10-12-22-47(36)59-51(37)46/h9-31H,1-8H3. The van der Waals surface area contributed by atoms with Gasteiger partial charge >= 0.3 is 0 Å². The van der Waals surface area contributed by atoms with E-state index in [0.29, 0.717) is 0 Å². The molecule has 1 aliphatic carbocycles. The first-order valence-corrected chi connectivity index (χ1v) is 22.2. The SMILES string of the molecule is CC(C)(C)c1ccc(N2c3cccc4c3B(c3cc(C(C)(C)C)ccc3N4c3cccc4c3oc3ccccc34)c3sc4cc5c(cc4c32)-c2ccccc2C5(C)C)cc1. The molecule has 292 valence electrons. The van der Waals surface area contributed by atoms with Gasteiger partial charge in [-0.3, -0.25) is 0 Å². The highest BCUT2D eigenvalue weighted by atomic mass is 32.1. The number of fused-ring (bicyclic) bond motifs is 12. The van der Waals surface area contributed by atoms with Crippen LogP contribution in [0.25, 0.3) is 43.2 Å². The zero-order chi connectivity index (χ0) is 41.0. The second kappa shape index (κ2) is 12.0. The molecule has 0 radical (unpaired) electrons. The van der Waals surface area contributed by atoms with E-state index in [2.05, 4.69) is 205 Å². The minimum absolute atomic E-state index is 0.0311. The minimum Gasteiger partial charge on any atom is -0.454 e. The summed E-state index contributed by atoms with van der Waals surface area (Å²) in [4.78, 5) is 5.09. The van der Waals surface area contributed by atoms with Crippen LogP contribution in [0.4, 0.5) is 34.1 Å². The highest BCUT2D eigenvalue weighted by molar-refractivity contribution is 7.33. The molecular weight excluding hydrogens is 747 g/mol. The lowest BCUT2D eigenvalue weighted by Crippen LogP contribution is -2.60. The Hall–Kier alpha value is -6.04. The van der Waals surface area contributed by atoms with E-state index in [1.807, 2.05) is 11.3 Å². The Morgan fingerprint density at radius 3 is 2.00 bits per heavy atom. The number of para-hydroxylation sites is 2. The molecule has 2 aromatic heterocycles. The summed E-state index contributed by atoms with van der Waals surface area (Å²) in [5.41, 5.74) is 19.8. The van der Waals surface area contributed by atoms with Crippen LogP contribution in [0.1, 0.15) is 77.6 Å². The Bertz CT molecular complexity index is 3280. The van der Waals surface area contributed by atoms with Crippen molar-refractivity contribution < 1.29 is 4.42 Å². The fourth-order valence-corrected chi connectivity index (χ4v) is 12.0. The third kappa shape index (κ3) is 4.84. The van der Waals surface area contributed by atoms with Gasteiger partial charge < -0.3 is 14.2 Å². The van der Waals surface area contributed by atoms with Crippen LogP contribution in [0, 0.1) is 0 Å². The maximum atomic E-state index is 6.80. The van der Waals surface area contributed by atoms with Crippen molar-refractivity contribution in [3.8, 4) is 11.1 Å². The van der Waals surface area contributed by atoms with Crippen molar-refractivity contribution in [3.63, 3.8) is 0 Å². The van der Waals surface area contributed by atoms with Crippen molar-refractivity contribution in [2.45, 2.75) is 71.6 Å². The van der Waals surface area contributed by atoms with E-state index in [9.17, 15) is 0 Å². The maximum absolute atomic E-state index is 6.80. The summed E-state index contributed by atoms with van der Waals surface area (Å²) in [7, 11) is 0. The molecule has 12 rings (SSSR count). The van der Waals surface area contributed by atoms with Gasteiger partial charge in [-0.25, -0.2) is 0 Å². The number of nitrogens with zero attached hydrogens (tertiary/aromatic N) is 2. The fraction of sp³-hybridized carbons (Fsp3) is 0.200. The van der Waals surface area contributed by atoms with E-state index < -0.39 is 0 Å². The number of rotatable bonds is 2. The van der Waals surface area contributed by atoms with Crippen LogP contribution in [-0.4, -0.2) is 6.71 Å². The van der Waals surface area contributed by atoms with Crippen LogP contribution < -0.4 is 25.5 Å².